The van der Waals surface area contributed by atoms with Crippen LogP contribution in [0.1, 0.15) is 43.7 Å². The van der Waals surface area contributed by atoms with Gasteiger partial charge in [0.2, 0.25) is 0 Å². The predicted molar refractivity (Wildman–Crippen MR) is 113 cm³/mol. The first-order valence-electron chi connectivity index (χ1n) is 10.2. The number of nitrogens with zero attached hydrogens (tertiary/aromatic N) is 1. The second kappa shape index (κ2) is 11.6. The molecular weight excluding hydrogens is 358 g/mol. The Labute approximate surface area is 167 Å². The van der Waals surface area contributed by atoms with Gasteiger partial charge in [0.1, 0.15) is 0 Å². The molecular formula is C21H33N3O2S. The topological polar surface area (TPSA) is 54.9 Å². The zero-order chi connectivity index (χ0) is 18.7. The van der Waals surface area contributed by atoms with Crippen LogP contribution in [0.4, 0.5) is 0 Å². The third kappa shape index (κ3) is 7.35. The van der Waals surface area contributed by atoms with Gasteiger partial charge < -0.3 is 20.1 Å². The van der Waals surface area contributed by atoms with Crippen molar-refractivity contribution in [2.75, 3.05) is 32.1 Å². The van der Waals surface area contributed by atoms with Crippen molar-refractivity contribution in [3.05, 3.63) is 35.4 Å². The van der Waals surface area contributed by atoms with Gasteiger partial charge in [-0.3, -0.25) is 0 Å². The highest BCUT2D eigenvalue weighted by molar-refractivity contribution is 8.00. The second-order valence-corrected chi connectivity index (χ2v) is 8.56. The molecule has 2 heterocycles. The zero-order valence-electron chi connectivity index (χ0n) is 16.4. The molecule has 3 rings (SSSR count). The van der Waals surface area contributed by atoms with E-state index in [9.17, 15) is 0 Å². The van der Waals surface area contributed by atoms with Crippen LogP contribution in [0, 0.1) is 0 Å². The maximum absolute atomic E-state index is 5.99. The van der Waals surface area contributed by atoms with Gasteiger partial charge in [0.05, 0.1) is 19.3 Å². The fraction of sp³-hybridized carbons (Fsp3) is 0.667. The largest absolute Gasteiger partial charge is 0.381 e. The molecule has 6 heteroatoms. The maximum atomic E-state index is 5.99. The van der Waals surface area contributed by atoms with E-state index in [0.717, 1.165) is 50.4 Å². The molecule has 2 aliphatic rings. The van der Waals surface area contributed by atoms with Gasteiger partial charge in [-0.1, -0.05) is 24.3 Å². The van der Waals surface area contributed by atoms with Crippen molar-refractivity contribution in [3.8, 4) is 0 Å². The third-order valence-corrected chi connectivity index (χ3v) is 6.36. The van der Waals surface area contributed by atoms with Crippen LogP contribution in [0.2, 0.25) is 0 Å². The lowest BCUT2D eigenvalue weighted by atomic mass is 10.1. The summed E-state index contributed by atoms with van der Waals surface area (Å²) in [6, 6.07) is 8.62. The molecule has 1 atom stereocenters. The van der Waals surface area contributed by atoms with Gasteiger partial charge >= 0.3 is 0 Å². The lowest BCUT2D eigenvalue weighted by Gasteiger charge is -2.22. The average Bonchev–Trinajstić information content (AvgIpc) is 3.24. The van der Waals surface area contributed by atoms with Crippen molar-refractivity contribution in [3.63, 3.8) is 0 Å². The molecule has 0 bridgehead atoms. The van der Waals surface area contributed by atoms with Crippen LogP contribution >= 0.6 is 11.8 Å². The Balaban J connectivity index is 1.44. The Morgan fingerprint density at radius 1 is 1.15 bits per heavy atom. The van der Waals surface area contributed by atoms with Crippen molar-refractivity contribution in [1.82, 2.24) is 10.6 Å². The van der Waals surface area contributed by atoms with Crippen molar-refractivity contribution in [2.45, 2.75) is 57.1 Å². The zero-order valence-corrected chi connectivity index (χ0v) is 17.2. The van der Waals surface area contributed by atoms with E-state index >= 15 is 0 Å². The number of thioether (sulfide) groups is 1. The van der Waals surface area contributed by atoms with Gasteiger partial charge in [-0.25, -0.2) is 4.99 Å². The Morgan fingerprint density at radius 3 is 2.63 bits per heavy atom. The van der Waals surface area contributed by atoms with E-state index in [-0.39, 0.29) is 0 Å². The van der Waals surface area contributed by atoms with Gasteiger partial charge in [-0.05, 0) is 49.5 Å². The number of guanidine groups is 1. The summed E-state index contributed by atoms with van der Waals surface area (Å²) in [6.45, 7) is 7.00. The highest BCUT2D eigenvalue weighted by atomic mass is 32.2. The summed E-state index contributed by atoms with van der Waals surface area (Å²) < 4.78 is 11.4. The van der Waals surface area contributed by atoms with Gasteiger partial charge in [0.25, 0.3) is 0 Å². The van der Waals surface area contributed by atoms with E-state index < -0.39 is 0 Å². The van der Waals surface area contributed by atoms with Crippen LogP contribution < -0.4 is 10.6 Å². The Bertz CT molecular complexity index is 567. The molecule has 5 nitrogen and oxygen atoms in total. The van der Waals surface area contributed by atoms with Gasteiger partial charge in [-0.2, -0.15) is 11.8 Å². The van der Waals surface area contributed by atoms with Crippen LogP contribution in [-0.4, -0.2) is 49.4 Å². The summed E-state index contributed by atoms with van der Waals surface area (Å²) in [5.41, 5.74) is 2.44. The fourth-order valence-electron chi connectivity index (χ4n) is 3.33. The highest BCUT2D eigenvalue weighted by Gasteiger charge is 2.16. The van der Waals surface area contributed by atoms with Crippen molar-refractivity contribution in [2.24, 2.45) is 4.99 Å². The molecule has 2 N–H and O–H groups in total. The third-order valence-electron chi connectivity index (χ3n) is 4.96. The van der Waals surface area contributed by atoms with E-state index in [1.54, 1.807) is 0 Å². The summed E-state index contributed by atoms with van der Waals surface area (Å²) in [4.78, 5) is 4.73. The molecule has 0 spiro atoms. The minimum atomic E-state index is 0.342. The van der Waals surface area contributed by atoms with Crippen LogP contribution in [0.5, 0.6) is 0 Å². The first-order valence-corrected chi connectivity index (χ1v) is 11.3. The molecule has 0 amide bonds. The molecule has 150 valence electrons. The highest BCUT2D eigenvalue weighted by Crippen LogP contribution is 2.25. The number of aliphatic imine (C=N–C) groups is 1. The first-order chi connectivity index (χ1) is 13.3. The summed E-state index contributed by atoms with van der Waals surface area (Å²) in [6.07, 6.45) is 5.01. The van der Waals surface area contributed by atoms with E-state index in [2.05, 4.69) is 53.6 Å². The molecule has 0 aromatic heterocycles. The normalized spacial score (nSPS) is 21.4. The molecule has 1 aromatic carbocycles. The van der Waals surface area contributed by atoms with E-state index in [4.69, 9.17) is 14.5 Å². The summed E-state index contributed by atoms with van der Waals surface area (Å²) in [5, 5.41) is 7.56. The van der Waals surface area contributed by atoms with E-state index in [1.807, 2.05) is 0 Å². The van der Waals surface area contributed by atoms with Crippen molar-refractivity contribution in [1.29, 1.82) is 0 Å². The Hall–Kier alpha value is -1.24. The average molecular weight is 392 g/mol. The molecule has 2 fully saturated rings. The molecule has 2 aliphatic heterocycles. The Morgan fingerprint density at radius 2 is 1.93 bits per heavy atom. The minimum Gasteiger partial charge on any atom is -0.381 e. The number of benzene rings is 1. The van der Waals surface area contributed by atoms with Crippen molar-refractivity contribution < 1.29 is 9.47 Å². The molecule has 27 heavy (non-hydrogen) atoms. The number of nitrogens with one attached hydrogen (secondary N) is 2. The predicted octanol–water partition coefficient (Wildman–Crippen LogP) is 3.33. The number of hydrogen-bond acceptors (Lipinski definition) is 4. The smallest absolute Gasteiger partial charge is 0.191 e. The van der Waals surface area contributed by atoms with Gasteiger partial charge in [-0.15, -0.1) is 0 Å². The van der Waals surface area contributed by atoms with Crippen LogP contribution in [0.3, 0.4) is 0 Å². The molecule has 1 unspecified atom stereocenters. The fourth-order valence-corrected chi connectivity index (χ4v) is 4.53. The first kappa shape index (κ1) is 20.5. The van der Waals surface area contributed by atoms with Crippen LogP contribution in [0.15, 0.2) is 29.3 Å². The van der Waals surface area contributed by atoms with Gasteiger partial charge in [0.15, 0.2) is 5.96 Å². The van der Waals surface area contributed by atoms with E-state index in [1.165, 1.54) is 29.7 Å². The Kier molecular flexibility index (Phi) is 8.78. The monoisotopic (exact) mass is 391 g/mol. The van der Waals surface area contributed by atoms with Crippen LogP contribution in [-0.2, 0) is 22.6 Å². The summed E-state index contributed by atoms with van der Waals surface area (Å²) >= 11 is 2.07. The molecule has 0 radical (unpaired) electrons. The standard InChI is InChI=1S/C21H33N3O2S/c1-2-22-21(24-15-20-4-3-13-27-20)23-14-17-5-7-18(8-6-17)16-26-19-9-11-25-12-10-19/h5-8,19-20H,2-4,9-16H2,1H3,(H2,22,23,24). The number of hydrogen-bond donors (Lipinski definition) is 2. The van der Waals surface area contributed by atoms with Gasteiger partial charge in [0, 0.05) is 31.6 Å². The SMILES string of the molecule is CCNC(=NCc1ccc(COC2CCOCC2)cc1)NCC1CCCS1. The molecule has 1 aromatic rings. The second-order valence-electron chi connectivity index (χ2n) is 7.15. The van der Waals surface area contributed by atoms with Crippen LogP contribution in [0.25, 0.3) is 0 Å². The summed E-state index contributed by atoms with van der Waals surface area (Å²) in [7, 11) is 0. The summed E-state index contributed by atoms with van der Waals surface area (Å²) in [5.74, 6) is 2.21. The lowest BCUT2D eigenvalue weighted by Crippen LogP contribution is -2.40. The minimum absolute atomic E-state index is 0.342. The maximum Gasteiger partial charge on any atom is 0.191 e. The molecule has 2 saturated heterocycles. The number of rotatable bonds is 8. The van der Waals surface area contributed by atoms with E-state index in [0.29, 0.717) is 19.3 Å². The molecule has 0 saturated carbocycles. The lowest BCUT2D eigenvalue weighted by molar-refractivity contribution is -0.0390. The molecule has 0 aliphatic carbocycles. The number of ether oxygens (including phenoxy) is 2. The van der Waals surface area contributed by atoms with Crippen molar-refractivity contribution >= 4 is 17.7 Å². The quantitative estimate of drug-likeness (QED) is 0.526.